The van der Waals surface area contributed by atoms with Crippen LogP contribution in [0.3, 0.4) is 0 Å². The van der Waals surface area contributed by atoms with Gasteiger partial charge in [0.2, 0.25) is 5.88 Å². The SMILES string of the molecule is N[C@@H](Cc1ccc(OC2CCOCC2)nc1)C(=O)O. The summed E-state index contributed by atoms with van der Waals surface area (Å²) >= 11 is 0. The Morgan fingerprint density at radius 1 is 1.53 bits per heavy atom. The topological polar surface area (TPSA) is 94.7 Å². The van der Waals surface area contributed by atoms with Gasteiger partial charge in [-0.2, -0.15) is 0 Å². The summed E-state index contributed by atoms with van der Waals surface area (Å²) in [7, 11) is 0. The fourth-order valence-corrected chi connectivity index (χ4v) is 1.91. The predicted octanol–water partition coefficient (Wildman–Crippen LogP) is 0.594. The molecule has 1 saturated heterocycles. The van der Waals surface area contributed by atoms with E-state index in [0.29, 0.717) is 5.88 Å². The van der Waals surface area contributed by atoms with Gasteiger partial charge in [-0.25, -0.2) is 4.98 Å². The van der Waals surface area contributed by atoms with Crippen LogP contribution in [0.15, 0.2) is 18.3 Å². The molecule has 1 atom stereocenters. The molecule has 2 rings (SSSR count). The lowest BCUT2D eigenvalue weighted by atomic mass is 10.1. The first-order valence-corrected chi connectivity index (χ1v) is 6.33. The van der Waals surface area contributed by atoms with E-state index in [0.717, 1.165) is 31.6 Å². The third-order valence-electron chi connectivity index (χ3n) is 3.03. The Bertz CT molecular complexity index is 415. The second-order valence-corrected chi connectivity index (χ2v) is 4.58. The molecule has 0 amide bonds. The molecular weight excluding hydrogens is 248 g/mol. The van der Waals surface area contributed by atoms with Crippen LogP contribution in [0.25, 0.3) is 0 Å². The summed E-state index contributed by atoms with van der Waals surface area (Å²) in [5, 5.41) is 8.73. The average molecular weight is 266 g/mol. The highest BCUT2D eigenvalue weighted by molar-refractivity contribution is 5.73. The van der Waals surface area contributed by atoms with E-state index in [9.17, 15) is 4.79 Å². The number of aliphatic carboxylic acids is 1. The zero-order chi connectivity index (χ0) is 13.7. The number of nitrogens with two attached hydrogens (primary N) is 1. The van der Waals surface area contributed by atoms with Gasteiger partial charge in [0.05, 0.1) is 13.2 Å². The third kappa shape index (κ3) is 4.18. The van der Waals surface area contributed by atoms with Crippen molar-refractivity contribution in [1.29, 1.82) is 0 Å². The van der Waals surface area contributed by atoms with Crippen molar-refractivity contribution >= 4 is 5.97 Å². The zero-order valence-corrected chi connectivity index (χ0v) is 10.6. The Kier molecular flexibility index (Phi) is 4.70. The van der Waals surface area contributed by atoms with Crippen molar-refractivity contribution in [2.24, 2.45) is 5.73 Å². The van der Waals surface area contributed by atoms with Crippen LogP contribution in [0.4, 0.5) is 0 Å². The van der Waals surface area contributed by atoms with Gasteiger partial charge < -0.3 is 20.3 Å². The number of ether oxygens (including phenoxy) is 2. The maximum atomic E-state index is 10.7. The lowest BCUT2D eigenvalue weighted by Crippen LogP contribution is -2.32. The molecule has 0 bridgehead atoms. The Morgan fingerprint density at radius 2 is 2.26 bits per heavy atom. The Morgan fingerprint density at radius 3 is 2.84 bits per heavy atom. The molecule has 0 unspecified atom stereocenters. The first-order valence-electron chi connectivity index (χ1n) is 6.33. The van der Waals surface area contributed by atoms with E-state index < -0.39 is 12.0 Å². The predicted molar refractivity (Wildman–Crippen MR) is 68.0 cm³/mol. The lowest BCUT2D eigenvalue weighted by molar-refractivity contribution is -0.138. The minimum atomic E-state index is -1.01. The Labute approximate surface area is 111 Å². The van der Waals surface area contributed by atoms with Gasteiger partial charge in [0.15, 0.2) is 0 Å². The second kappa shape index (κ2) is 6.49. The smallest absolute Gasteiger partial charge is 0.320 e. The fraction of sp³-hybridized carbons (Fsp3) is 0.538. The van der Waals surface area contributed by atoms with Gasteiger partial charge in [0.25, 0.3) is 0 Å². The van der Waals surface area contributed by atoms with E-state index in [1.54, 1.807) is 18.3 Å². The number of nitrogens with zero attached hydrogens (tertiary/aromatic N) is 1. The van der Waals surface area contributed by atoms with Crippen molar-refractivity contribution in [3.8, 4) is 5.88 Å². The second-order valence-electron chi connectivity index (χ2n) is 4.58. The molecule has 104 valence electrons. The molecule has 0 spiro atoms. The summed E-state index contributed by atoms with van der Waals surface area (Å²) in [5.74, 6) is -0.456. The molecule has 1 fully saturated rings. The van der Waals surface area contributed by atoms with Crippen LogP contribution in [0, 0.1) is 0 Å². The molecule has 1 aromatic heterocycles. The van der Waals surface area contributed by atoms with E-state index in [2.05, 4.69) is 4.98 Å². The average Bonchev–Trinajstić information content (AvgIpc) is 2.42. The molecule has 0 radical (unpaired) electrons. The molecule has 0 aromatic carbocycles. The molecule has 0 saturated carbocycles. The summed E-state index contributed by atoms with van der Waals surface area (Å²) in [5.41, 5.74) is 6.25. The number of aromatic nitrogens is 1. The van der Waals surface area contributed by atoms with Crippen molar-refractivity contribution < 1.29 is 19.4 Å². The van der Waals surface area contributed by atoms with Gasteiger partial charge in [-0.15, -0.1) is 0 Å². The van der Waals surface area contributed by atoms with Crippen molar-refractivity contribution in [2.75, 3.05) is 13.2 Å². The molecule has 6 heteroatoms. The largest absolute Gasteiger partial charge is 0.480 e. The number of carbonyl (C=O) groups is 1. The zero-order valence-electron chi connectivity index (χ0n) is 10.6. The first-order chi connectivity index (χ1) is 9.15. The Balaban J connectivity index is 1.88. The first kappa shape index (κ1) is 13.8. The van der Waals surface area contributed by atoms with Crippen LogP contribution in [0.1, 0.15) is 18.4 Å². The third-order valence-corrected chi connectivity index (χ3v) is 3.03. The van der Waals surface area contributed by atoms with Crippen LogP contribution in [-0.4, -0.2) is 41.4 Å². The number of hydrogen-bond donors (Lipinski definition) is 2. The maximum absolute atomic E-state index is 10.7. The van der Waals surface area contributed by atoms with Crippen LogP contribution in [-0.2, 0) is 16.0 Å². The number of pyridine rings is 1. The minimum absolute atomic E-state index is 0.147. The monoisotopic (exact) mass is 266 g/mol. The van der Waals surface area contributed by atoms with Crippen LogP contribution in [0.5, 0.6) is 5.88 Å². The van der Waals surface area contributed by atoms with Crippen LogP contribution in [0.2, 0.25) is 0 Å². The summed E-state index contributed by atoms with van der Waals surface area (Å²) in [6.45, 7) is 1.44. The number of carboxylic acid groups (broad SMARTS) is 1. The highest BCUT2D eigenvalue weighted by Gasteiger charge is 2.16. The van der Waals surface area contributed by atoms with E-state index in [-0.39, 0.29) is 12.5 Å². The minimum Gasteiger partial charge on any atom is -0.480 e. The van der Waals surface area contributed by atoms with Crippen molar-refractivity contribution in [1.82, 2.24) is 4.98 Å². The molecule has 6 nitrogen and oxygen atoms in total. The van der Waals surface area contributed by atoms with E-state index >= 15 is 0 Å². The Hall–Kier alpha value is -1.66. The highest BCUT2D eigenvalue weighted by atomic mass is 16.5. The van der Waals surface area contributed by atoms with Gasteiger partial charge >= 0.3 is 5.97 Å². The molecule has 19 heavy (non-hydrogen) atoms. The molecule has 0 aliphatic carbocycles. The summed E-state index contributed by atoms with van der Waals surface area (Å²) < 4.78 is 11.0. The molecule has 2 heterocycles. The summed E-state index contributed by atoms with van der Waals surface area (Å²) in [6, 6.07) is 2.65. The molecule has 1 aliphatic heterocycles. The molecule has 3 N–H and O–H groups in total. The van der Waals surface area contributed by atoms with Gasteiger partial charge in [-0.3, -0.25) is 4.79 Å². The van der Waals surface area contributed by atoms with Gasteiger partial charge in [0.1, 0.15) is 12.1 Å². The summed E-state index contributed by atoms with van der Waals surface area (Å²) in [4.78, 5) is 14.8. The molecule has 1 aromatic rings. The van der Waals surface area contributed by atoms with Gasteiger partial charge in [-0.05, 0) is 12.0 Å². The molecular formula is C13H18N2O4. The van der Waals surface area contributed by atoms with Crippen molar-refractivity contribution in [2.45, 2.75) is 31.4 Å². The van der Waals surface area contributed by atoms with Crippen LogP contribution >= 0.6 is 0 Å². The summed E-state index contributed by atoms with van der Waals surface area (Å²) in [6.07, 6.45) is 3.76. The number of carboxylic acids is 1. The van der Waals surface area contributed by atoms with Crippen molar-refractivity contribution in [3.63, 3.8) is 0 Å². The van der Waals surface area contributed by atoms with Crippen LogP contribution < -0.4 is 10.5 Å². The molecule has 1 aliphatic rings. The number of hydrogen-bond acceptors (Lipinski definition) is 5. The van der Waals surface area contributed by atoms with Gasteiger partial charge in [-0.1, -0.05) is 6.07 Å². The normalized spacial score (nSPS) is 17.9. The number of rotatable bonds is 5. The van der Waals surface area contributed by atoms with Crippen molar-refractivity contribution in [3.05, 3.63) is 23.9 Å². The highest BCUT2D eigenvalue weighted by Crippen LogP contribution is 2.16. The van der Waals surface area contributed by atoms with E-state index in [4.69, 9.17) is 20.3 Å². The van der Waals surface area contributed by atoms with Gasteiger partial charge in [0, 0.05) is 25.1 Å². The standard InChI is InChI=1S/C13H18N2O4/c14-11(13(16)17)7-9-1-2-12(15-8-9)19-10-3-5-18-6-4-10/h1-2,8,10-11H,3-7,14H2,(H,16,17)/t11-/m0/s1. The fourth-order valence-electron chi connectivity index (χ4n) is 1.91. The van der Waals surface area contributed by atoms with E-state index in [1.165, 1.54) is 0 Å². The lowest BCUT2D eigenvalue weighted by Gasteiger charge is -2.22. The maximum Gasteiger partial charge on any atom is 0.320 e. The quantitative estimate of drug-likeness (QED) is 0.810. The van der Waals surface area contributed by atoms with E-state index in [1.807, 2.05) is 0 Å².